The zero-order valence-electron chi connectivity index (χ0n) is 10.1. The Balaban J connectivity index is 2.01. The molecule has 0 radical (unpaired) electrons. The fourth-order valence-electron chi connectivity index (χ4n) is 2.11. The first-order chi connectivity index (χ1) is 8.19. The van der Waals surface area contributed by atoms with Crippen molar-refractivity contribution in [3.8, 4) is 0 Å². The predicted molar refractivity (Wildman–Crippen MR) is 65.1 cm³/mol. The molecule has 2 atom stereocenters. The summed E-state index contributed by atoms with van der Waals surface area (Å²) in [4.78, 5) is 2.29. The number of nitrogens with zero attached hydrogens (tertiary/aromatic N) is 1. The van der Waals surface area contributed by atoms with Crippen LogP contribution in [0.5, 0.6) is 0 Å². The van der Waals surface area contributed by atoms with Gasteiger partial charge in [-0.2, -0.15) is 0 Å². The molecule has 0 saturated carbocycles. The number of ether oxygens (including phenoxy) is 1. The minimum atomic E-state index is -0.182. The van der Waals surface area contributed by atoms with Crippen LogP contribution in [0.15, 0.2) is 24.3 Å². The lowest BCUT2D eigenvalue weighted by Gasteiger charge is -2.37. The molecule has 1 fully saturated rings. The molecular formula is C13H19FN2O. The Labute approximate surface area is 101 Å². The quantitative estimate of drug-likeness (QED) is 0.864. The highest BCUT2D eigenvalue weighted by Crippen LogP contribution is 2.15. The molecule has 1 aliphatic rings. The third kappa shape index (κ3) is 3.25. The lowest BCUT2D eigenvalue weighted by molar-refractivity contribution is -0.0567. The van der Waals surface area contributed by atoms with Gasteiger partial charge in [0.1, 0.15) is 5.82 Å². The summed E-state index contributed by atoms with van der Waals surface area (Å²) in [6, 6.07) is 7.09. The number of hydrogen-bond donors (Lipinski definition) is 1. The molecule has 1 aliphatic heterocycles. The Kier molecular flexibility index (Phi) is 4.10. The van der Waals surface area contributed by atoms with Crippen molar-refractivity contribution in [3.05, 3.63) is 35.6 Å². The van der Waals surface area contributed by atoms with E-state index >= 15 is 0 Å². The van der Waals surface area contributed by atoms with E-state index in [1.54, 1.807) is 12.1 Å². The van der Waals surface area contributed by atoms with E-state index in [1.165, 1.54) is 6.07 Å². The van der Waals surface area contributed by atoms with Gasteiger partial charge in [-0.3, -0.25) is 4.90 Å². The Morgan fingerprint density at radius 2 is 2.35 bits per heavy atom. The van der Waals surface area contributed by atoms with Gasteiger partial charge in [0.05, 0.1) is 12.7 Å². The van der Waals surface area contributed by atoms with Gasteiger partial charge >= 0.3 is 0 Å². The summed E-state index contributed by atoms with van der Waals surface area (Å²) >= 11 is 0. The molecule has 0 aliphatic carbocycles. The van der Waals surface area contributed by atoms with Crippen LogP contribution in [0.1, 0.15) is 12.5 Å². The largest absolute Gasteiger partial charge is 0.374 e. The molecule has 0 spiro atoms. The van der Waals surface area contributed by atoms with Gasteiger partial charge in [-0.05, 0) is 24.6 Å². The monoisotopic (exact) mass is 238 g/mol. The molecule has 2 unspecified atom stereocenters. The van der Waals surface area contributed by atoms with Crippen LogP contribution in [-0.2, 0) is 11.3 Å². The summed E-state index contributed by atoms with van der Waals surface area (Å²) in [5.41, 5.74) is 6.61. The van der Waals surface area contributed by atoms with Crippen LogP contribution < -0.4 is 5.73 Å². The summed E-state index contributed by atoms with van der Waals surface area (Å²) in [6.07, 6.45) is 0.0970. The van der Waals surface area contributed by atoms with E-state index in [2.05, 4.69) is 11.8 Å². The zero-order chi connectivity index (χ0) is 12.3. The number of hydrogen-bond acceptors (Lipinski definition) is 3. The van der Waals surface area contributed by atoms with E-state index in [-0.39, 0.29) is 11.9 Å². The van der Waals surface area contributed by atoms with Crippen molar-refractivity contribution >= 4 is 0 Å². The van der Waals surface area contributed by atoms with E-state index in [0.717, 1.165) is 18.7 Å². The number of benzene rings is 1. The van der Waals surface area contributed by atoms with Crippen molar-refractivity contribution in [2.75, 3.05) is 19.7 Å². The first kappa shape index (κ1) is 12.5. The van der Waals surface area contributed by atoms with Gasteiger partial charge in [0, 0.05) is 25.7 Å². The molecule has 1 aromatic rings. The molecule has 94 valence electrons. The molecule has 0 aromatic heterocycles. The van der Waals surface area contributed by atoms with Crippen molar-refractivity contribution in [3.63, 3.8) is 0 Å². The first-order valence-electron chi connectivity index (χ1n) is 5.99. The predicted octanol–water partition coefficient (Wildman–Crippen LogP) is 1.37. The molecular weight excluding hydrogens is 219 g/mol. The fraction of sp³-hybridized carbons (Fsp3) is 0.538. The Bertz CT molecular complexity index is 372. The van der Waals surface area contributed by atoms with Crippen molar-refractivity contribution in [1.29, 1.82) is 0 Å². The van der Waals surface area contributed by atoms with Gasteiger partial charge < -0.3 is 10.5 Å². The third-order valence-corrected chi connectivity index (χ3v) is 3.17. The molecule has 17 heavy (non-hydrogen) atoms. The van der Waals surface area contributed by atoms with Gasteiger partial charge in [-0.15, -0.1) is 0 Å². The lowest BCUT2D eigenvalue weighted by Crippen LogP contribution is -2.49. The van der Waals surface area contributed by atoms with Crippen LogP contribution in [0.2, 0.25) is 0 Å². The number of halogens is 1. The summed E-state index contributed by atoms with van der Waals surface area (Å²) in [5, 5.41) is 0. The van der Waals surface area contributed by atoms with Crippen LogP contribution >= 0.6 is 0 Å². The highest BCUT2D eigenvalue weighted by atomic mass is 19.1. The summed E-state index contributed by atoms with van der Waals surface area (Å²) < 4.78 is 18.7. The average Bonchev–Trinajstić information content (AvgIpc) is 2.32. The van der Waals surface area contributed by atoms with E-state index < -0.39 is 0 Å². The SMILES string of the molecule is CC1COC(CN)CN1Cc1cccc(F)c1. The fourth-order valence-corrected chi connectivity index (χ4v) is 2.11. The minimum absolute atomic E-state index is 0.0970. The normalized spacial score (nSPS) is 26.1. The average molecular weight is 238 g/mol. The van der Waals surface area contributed by atoms with Gasteiger partial charge in [0.2, 0.25) is 0 Å². The maximum atomic E-state index is 13.1. The number of morpholine rings is 1. The van der Waals surface area contributed by atoms with E-state index in [1.807, 2.05) is 6.07 Å². The second kappa shape index (κ2) is 5.58. The van der Waals surface area contributed by atoms with Crippen LogP contribution in [0.3, 0.4) is 0 Å². The van der Waals surface area contributed by atoms with Crippen molar-refractivity contribution in [2.45, 2.75) is 25.6 Å². The van der Waals surface area contributed by atoms with Gasteiger partial charge in [-0.1, -0.05) is 12.1 Å². The zero-order valence-corrected chi connectivity index (χ0v) is 10.1. The van der Waals surface area contributed by atoms with Gasteiger partial charge in [0.25, 0.3) is 0 Å². The van der Waals surface area contributed by atoms with Gasteiger partial charge in [0.15, 0.2) is 0 Å². The molecule has 2 N–H and O–H groups in total. The Morgan fingerprint density at radius 1 is 1.53 bits per heavy atom. The van der Waals surface area contributed by atoms with E-state index in [4.69, 9.17) is 10.5 Å². The molecule has 1 saturated heterocycles. The third-order valence-electron chi connectivity index (χ3n) is 3.17. The number of nitrogens with two attached hydrogens (primary N) is 1. The van der Waals surface area contributed by atoms with Crippen molar-refractivity contribution in [2.24, 2.45) is 5.73 Å². The molecule has 1 aromatic carbocycles. The summed E-state index contributed by atoms with van der Waals surface area (Å²) in [5.74, 6) is -0.182. The van der Waals surface area contributed by atoms with Crippen molar-refractivity contribution < 1.29 is 9.13 Å². The molecule has 4 heteroatoms. The Hall–Kier alpha value is -0.970. The minimum Gasteiger partial charge on any atom is -0.374 e. The smallest absolute Gasteiger partial charge is 0.123 e. The topological polar surface area (TPSA) is 38.5 Å². The van der Waals surface area contributed by atoms with Crippen LogP contribution in [0.25, 0.3) is 0 Å². The molecule has 0 bridgehead atoms. The van der Waals surface area contributed by atoms with Gasteiger partial charge in [-0.25, -0.2) is 4.39 Å². The van der Waals surface area contributed by atoms with Crippen LogP contribution in [-0.4, -0.2) is 36.7 Å². The molecule has 3 nitrogen and oxygen atoms in total. The number of rotatable bonds is 3. The second-order valence-corrected chi connectivity index (χ2v) is 4.60. The highest BCUT2D eigenvalue weighted by molar-refractivity contribution is 5.16. The molecule has 0 amide bonds. The van der Waals surface area contributed by atoms with E-state index in [9.17, 15) is 4.39 Å². The van der Waals surface area contributed by atoms with Crippen LogP contribution in [0, 0.1) is 5.82 Å². The molecule has 1 heterocycles. The molecule has 2 rings (SSSR count). The maximum Gasteiger partial charge on any atom is 0.123 e. The van der Waals surface area contributed by atoms with Crippen LogP contribution in [0.4, 0.5) is 4.39 Å². The summed E-state index contributed by atoms with van der Waals surface area (Å²) in [7, 11) is 0. The standard InChI is InChI=1S/C13H19FN2O/c1-10-9-17-13(6-15)8-16(10)7-11-3-2-4-12(14)5-11/h2-5,10,13H,6-9,15H2,1H3. The first-order valence-corrected chi connectivity index (χ1v) is 5.99. The lowest BCUT2D eigenvalue weighted by atomic mass is 10.1. The maximum absolute atomic E-state index is 13.1. The second-order valence-electron chi connectivity index (χ2n) is 4.60. The van der Waals surface area contributed by atoms with Crippen molar-refractivity contribution in [1.82, 2.24) is 4.90 Å². The summed E-state index contributed by atoms with van der Waals surface area (Å²) in [6.45, 7) is 4.91. The highest BCUT2D eigenvalue weighted by Gasteiger charge is 2.25. The van der Waals surface area contributed by atoms with E-state index in [0.29, 0.717) is 19.2 Å². The Morgan fingerprint density at radius 3 is 3.06 bits per heavy atom.